The Labute approximate surface area is 105 Å². The molecule has 2 heteroatoms. The summed E-state index contributed by atoms with van der Waals surface area (Å²) in [7, 11) is 2.24. The average Bonchev–Trinajstić information content (AvgIpc) is 2.25. The zero-order valence-electron chi connectivity index (χ0n) is 11.4. The molecule has 0 aromatic carbocycles. The van der Waals surface area contributed by atoms with Crippen LogP contribution in [0.5, 0.6) is 0 Å². The Balaban J connectivity index is 1.95. The molecule has 0 amide bonds. The first-order valence-electron chi connectivity index (χ1n) is 6.96. The van der Waals surface area contributed by atoms with E-state index in [2.05, 4.69) is 31.9 Å². The number of carbonyl (C=O) groups is 1. The molecule has 0 aliphatic carbocycles. The Morgan fingerprint density at radius 1 is 1.24 bits per heavy atom. The maximum absolute atomic E-state index is 12.2. The van der Waals surface area contributed by atoms with Gasteiger partial charge in [0.25, 0.3) is 0 Å². The van der Waals surface area contributed by atoms with Crippen LogP contribution in [0.3, 0.4) is 0 Å². The van der Waals surface area contributed by atoms with Crippen LogP contribution in [0.15, 0.2) is 11.6 Å². The van der Waals surface area contributed by atoms with Gasteiger partial charge in [0.2, 0.25) is 0 Å². The number of Topliss-reactive ketones (excluding diaryl/α,β-unsaturated/α-hetero) is 1. The minimum absolute atomic E-state index is 0.331. The monoisotopic (exact) mass is 235 g/mol. The lowest BCUT2D eigenvalue weighted by Gasteiger charge is -2.46. The van der Waals surface area contributed by atoms with Crippen molar-refractivity contribution < 1.29 is 4.79 Å². The van der Waals surface area contributed by atoms with E-state index in [9.17, 15) is 4.79 Å². The number of nitrogens with zero attached hydrogens (tertiary/aromatic N) is 1. The standard InChI is InChI=1S/C15H25NO/c1-11(2)7-8-15(17)12-9-13-5-4-6-14(10-12)16(13)3/h7,12-14H,4-6,8-10H2,1-3H3. The second-order valence-electron chi connectivity index (χ2n) is 6.02. The van der Waals surface area contributed by atoms with Crippen LogP contribution in [-0.2, 0) is 4.79 Å². The molecule has 2 saturated heterocycles. The summed E-state index contributed by atoms with van der Waals surface area (Å²) in [6.07, 6.45) is 8.87. The van der Waals surface area contributed by atoms with Gasteiger partial charge in [0.15, 0.2) is 0 Å². The maximum Gasteiger partial charge on any atom is 0.139 e. The molecule has 96 valence electrons. The molecule has 0 radical (unpaired) electrons. The van der Waals surface area contributed by atoms with Crippen molar-refractivity contribution in [3.8, 4) is 0 Å². The van der Waals surface area contributed by atoms with Crippen molar-refractivity contribution in [1.82, 2.24) is 4.90 Å². The highest BCUT2D eigenvalue weighted by Gasteiger charge is 2.37. The zero-order valence-corrected chi connectivity index (χ0v) is 11.4. The Bertz CT molecular complexity index is 303. The second kappa shape index (κ2) is 5.34. The lowest BCUT2D eigenvalue weighted by molar-refractivity contribution is -0.125. The number of hydrogen-bond donors (Lipinski definition) is 0. The molecule has 17 heavy (non-hydrogen) atoms. The van der Waals surface area contributed by atoms with E-state index in [0.717, 1.165) is 12.8 Å². The van der Waals surface area contributed by atoms with Crippen LogP contribution in [0.2, 0.25) is 0 Å². The Hall–Kier alpha value is -0.630. The van der Waals surface area contributed by atoms with Crippen molar-refractivity contribution >= 4 is 5.78 Å². The van der Waals surface area contributed by atoms with Gasteiger partial charge in [-0.2, -0.15) is 0 Å². The van der Waals surface area contributed by atoms with Crippen molar-refractivity contribution in [3.05, 3.63) is 11.6 Å². The molecule has 0 aromatic rings. The van der Waals surface area contributed by atoms with Crippen molar-refractivity contribution in [2.75, 3.05) is 7.05 Å². The van der Waals surface area contributed by atoms with Gasteiger partial charge in [0.05, 0.1) is 0 Å². The van der Waals surface area contributed by atoms with E-state index < -0.39 is 0 Å². The number of ketones is 1. The Morgan fingerprint density at radius 3 is 2.35 bits per heavy atom. The topological polar surface area (TPSA) is 20.3 Å². The van der Waals surface area contributed by atoms with E-state index in [4.69, 9.17) is 0 Å². The molecule has 2 fully saturated rings. The predicted octanol–water partition coefficient (Wildman–Crippen LogP) is 3.17. The SMILES string of the molecule is CC(C)=CCC(=O)C1CC2CCCC(C1)N2C. The highest BCUT2D eigenvalue weighted by Crippen LogP contribution is 2.36. The van der Waals surface area contributed by atoms with Crippen LogP contribution in [0.1, 0.15) is 52.4 Å². The van der Waals surface area contributed by atoms with Crippen molar-refractivity contribution in [3.63, 3.8) is 0 Å². The lowest BCUT2D eigenvalue weighted by atomic mass is 9.76. The van der Waals surface area contributed by atoms with E-state index in [0.29, 0.717) is 30.2 Å². The smallest absolute Gasteiger partial charge is 0.139 e. The quantitative estimate of drug-likeness (QED) is 0.700. The van der Waals surface area contributed by atoms with Gasteiger partial charge in [-0.25, -0.2) is 0 Å². The molecule has 2 heterocycles. The Morgan fingerprint density at radius 2 is 1.82 bits per heavy atom. The molecular weight excluding hydrogens is 210 g/mol. The summed E-state index contributed by atoms with van der Waals surface area (Å²) >= 11 is 0. The number of hydrogen-bond acceptors (Lipinski definition) is 2. The number of fused-ring (bicyclic) bond motifs is 2. The second-order valence-corrected chi connectivity index (χ2v) is 6.02. The molecule has 2 bridgehead atoms. The summed E-state index contributed by atoms with van der Waals surface area (Å²) in [5, 5.41) is 0. The highest BCUT2D eigenvalue weighted by atomic mass is 16.1. The first kappa shape index (κ1) is 12.8. The molecular formula is C15H25NO. The average molecular weight is 235 g/mol. The summed E-state index contributed by atoms with van der Waals surface area (Å²) < 4.78 is 0. The lowest BCUT2D eigenvalue weighted by Crippen LogP contribution is -2.50. The maximum atomic E-state index is 12.2. The number of piperidine rings is 2. The Kier molecular flexibility index (Phi) is 4.03. The van der Waals surface area contributed by atoms with Crippen LogP contribution >= 0.6 is 0 Å². The van der Waals surface area contributed by atoms with E-state index in [1.165, 1.54) is 24.8 Å². The van der Waals surface area contributed by atoms with Gasteiger partial charge < -0.3 is 4.90 Å². The van der Waals surface area contributed by atoms with Gasteiger partial charge in [-0.3, -0.25) is 4.79 Å². The molecule has 2 atom stereocenters. The number of carbonyl (C=O) groups excluding carboxylic acids is 1. The third kappa shape index (κ3) is 2.98. The third-order valence-electron chi connectivity index (χ3n) is 4.51. The molecule has 0 N–H and O–H groups in total. The number of allylic oxidation sites excluding steroid dienone is 2. The zero-order chi connectivity index (χ0) is 12.4. The van der Waals surface area contributed by atoms with E-state index in [1.54, 1.807) is 0 Å². The third-order valence-corrected chi connectivity index (χ3v) is 4.51. The molecule has 0 saturated carbocycles. The molecule has 2 aliphatic heterocycles. The van der Waals surface area contributed by atoms with Gasteiger partial charge in [-0.1, -0.05) is 18.1 Å². The summed E-state index contributed by atoms with van der Waals surface area (Å²) in [5.41, 5.74) is 1.26. The van der Waals surface area contributed by atoms with Crippen LogP contribution < -0.4 is 0 Å². The van der Waals surface area contributed by atoms with E-state index in [-0.39, 0.29) is 0 Å². The van der Waals surface area contributed by atoms with Crippen molar-refractivity contribution in [2.45, 2.75) is 64.5 Å². The van der Waals surface area contributed by atoms with Crippen LogP contribution in [0.25, 0.3) is 0 Å². The van der Waals surface area contributed by atoms with E-state index >= 15 is 0 Å². The fourth-order valence-corrected chi connectivity index (χ4v) is 3.35. The molecule has 0 aromatic heterocycles. The van der Waals surface area contributed by atoms with Crippen molar-refractivity contribution in [1.29, 1.82) is 0 Å². The van der Waals surface area contributed by atoms with Gasteiger partial charge in [-0.05, 0) is 46.6 Å². The molecule has 2 nitrogen and oxygen atoms in total. The summed E-state index contributed by atoms with van der Waals surface area (Å²) in [4.78, 5) is 14.7. The molecule has 2 unspecified atom stereocenters. The van der Waals surface area contributed by atoms with Gasteiger partial charge in [0.1, 0.15) is 5.78 Å². The minimum Gasteiger partial charge on any atom is -0.300 e. The van der Waals surface area contributed by atoms with Gasteiger partial charge in [0, 0.05) is 24.4 Å². The first-order chi connectivity index (χ1) is 8.08. The molecule has 2 aliphatic rings. The van der Waals surface area contributed by atoms with Crippen molar-refractivity contribution in [2.24, 2.45) is 5.92 Å². The van der Waals surface area contributed by atoms with Crippen LogP contribution in [0, 0.1) is 5.92 Å². The fourth-order valence-electron chi connectivity index (χ4n) is 3.35. The normalized spacial score (nSPS) is 33.2. The summed E-state index contributed by atoms with van der Waals surface area (Å²) in [6.45, 7) is 4.13. The highest BCUT2D eigenvalue weighted by molar-refractivity contribution is 5.82. The molecule has 2 rings (SSSR count). The first-order valence-corrected chi connectivity index (χ1v) is 6.96. The minimum atomic E-state index is 0.331. The summed E-state index contributed by atoms with van der Waals surface area (Å²) in [6, 6.07) is 1.34. The largest absolute Gasteiger partial charge is 0.300 e. The van der Waals surface area contributed by atoms with Gasteiger partial charge >= 0.3 is 0 Å². The summed E-state index contributed by atoms with van der Waals surface area (Å²) in [5.74, 6) is 0.799. The molecule has 0 spiro atoms. The van der Waals surface area contributed by atoms with Gasteiger partial charge in [-0.15, -0.1) is 0 Å². The number of rotatable bonds is 3. The van der Waals surface area contributed by atoms with E-state index in [1.807, 2.05) is 0 Å². The van der Waals surface area contributed by atoms with Crippen LogP contribution in [-0.4, -0.2) is 29.8 Å². The predicted molar refractivity (Wildman–Crippen MR) is 71.0 cm³/mol. The van der Waals surface area contributed by atoms with Crippen LogP contribution in [0.4, 0.5) is 0 Å². The fraction of sp³-hybridized carbons (Fsp3) is 0.800.